The first-order chi connectivity index (χ1) is 10.4. The average molecular weight is 386 g/mol. The number of sulfonamides is 1. The Balaban J connectivity index is 2.42. The van der Waals surface area contributed by atoms with Crippen LogP contribution in [0.1, 0.15) is 0 Å². The standard InChI is InChI=1S/C15H16BrNO4S/c1-17(12-6-9-14(20-2)15(10-12)21-3)22(18,19)13-7-4-11(16)5-8-13/h4-10H,1-3H3. The molecule has 0 bridgehead atoms. The summed E-state index contributed by atoms with van der Waals surface area (Å²) >= 11 is 3.29. The molecule has 0 aliphatic heterocycles. The molecule has 0 N–H and O–H groups in total. The minimum atomic E-state index is -3.64. The number of nitrogens with zero attached hydrogens (tertiary/aromatic N) is 1. The van der Waals surface area contributed by atoms with Crippen LogP contribution in [0.2, 0.25) is 0 Å². The number of hydrogen-bond donors (Lipinski definition) is 0. The highest BCUT2D eigenvalue weighted by atomic mass is 79.9. The first-order valence-electron chi connectivity index (χ1n) is 6.36. The largest absolute Gasteiger partial charge is 0.493 e. The molecule has 0 fully saturated rings. The number of anilines is 1. The van der Waals surface area contributed by atoms with Crippen LogP contribution in [0.25, 0.3) is 0 Å². The summed E-state index contributed by atoms with van der Waals surface area (Å²) < 4.78 is 37.7. The van der Waals surface area contributed by atoms with Gasteiger partial charge in [-0.1, -0.05) is 15.9 Å². The molecule has 22 heavy (non-hydrogen) atoms. The molecule has 0 atom stereocenters. The van der Waals surface area contributed by atoms with E-state index in [2.05, 4.69) is 15.9 Å². The Labute approximate surface area is 138 Å². The summed E-state index contributed by atoms with van der Waals surface area (Å²) in [7, 11) is 0.894. The van der Waals surface area contributed by atoms with Gasteiger partial charge in [0.25, 0.3) is 10.0 Å². The van der Waals surface area contributed by atoms with Crippen molar-refractivity contribution in [2.75, 3.05) is 25.6 Å². The van der Waals surface area contributed by atoms with Crippen molar-refractivity contribution in [2.45, 2.75) is 4.90 Å². The van der Waals surface area contributed by atoms with Crippen LogP contribution >= 0.6 is 15.9 Å². The number of rotatable bonds is 5. The molecule has 7 heteroatoms. The van der Waals surface area contributed by atoms with Gasteiger partial charge in [-0.2, -0.15) is 0 Å². The van der Waals surface area contributed by atoms with Gasteiger partial charge >= 0.3 is 0 Å². The molecule has 5 nitrogen and oxygen atoms in total. The minimum absolute atomic E-state index is 0.216. The highest BCUT2D eigenvalue weighted by Crippen LogP contribution is 2.33. The summed E-state index contributed by atoms with van der Waals surface area (Å²) in [6.07, 6.45) is 0. The van der Waals surface area contributed by atoms with Gasteiger partial charge in [0.15, 0.2) is 11.5 Å². The Hall–Kier alpha value is -1.73. The molecule has 2 aromatic carbocycles. The van der Waals surface area contributed by atoms with Gasteiger partial charge in [0.2, 0.25) is 0 Å². The second kappa shape index (κ2) is 6.58. The van der Waals surface area contributed by atoms with E-state index in [1.165, 1.54) is 25.6 Å². The average Bonchev–Trinajstić information content (AvgIpc) is 2.53. The lowest BCUT2D eigenvalue weighted by Gasteiger charge is -2.20. The normalized spacial score (nSPS) is 11.1. The molecule has 2 aromatic rings. The summed E-state index contributed by atoms with van der Waals surface area (Å²) in [4.78, 5) is 0.216. The Kier molecular flexibility index (Phi) is 4.97. The predicted molar refractivity (Wildman–Crippen MR) is 89.3 cm³/mol. The number of halogens is 1. The van der Waals surface area contributed by atoms with Gasteiger partial charge in [-0.25, -0.2) is 8.42 Å². The van der Waals surface area contributed by atoms with Gasteiger partial charge in [-0.15, -0.1) is 0 Å². The SMILES string of the molecule is COc1ccc(N(C)S(=O)(=O)c2ccc(Br)cc2)cc1OC. The third-order valence-electron chi connectivity index (χ3n) is 3.20. The van der Waals surface area contributed by atoms with Crippen LogP contribution in [0.15, 0.2) is 51.8 Å². The molecular weight excluding hydrogens is 370 g/mol. The second-order valence-electron chi connectivity index (χ2n) is 4.47. The van der Waals surface area contributed by atoms with Crippen LogP contribution in [0.3, 0.4) is 0 Å². The first-order valence-corrected chi connectivity index (χ1v) is 8.60. The van der Waals surface area contributed by atoms with E-state index in [0.29, 0.717) is 17.2 Å². The zero-order valence-electron chi connectivity index (χ0n) is 12.4. The molecule has 0 aliphatic carbocycles. The Morgan fingerprint density at radius 3 is 2.09 bits per heavy atom. The van der Waals surface area contributed by atoms with Crippen molar-refractivity contribution >= 4 is 31.6 Å². The number of hydrogen-bond acceptors (Lipinski definition) is 4. The van der Waals surface area contributed by atoms with Gasteiger partial charge in [0, 0.05) is 17.6 Å². The fraction of sp³-hybridized carbons (Fsp3) is 0.200. The van der Waals surface area contributed by atoms with E-state index >= 15 is 0 Å². The molecule has 0 saturated carbocycles. The van der Waals surface area contributed by atoms with E-state index in [4.69, 9.17) is 9.47 Å². The van der Waals surface area contributed by atoms with Gasteiger partial charge < -0.3 is 9.47 Å². The monoisotopic (exact) mass is 385 g/mol. The third-order valence-corrected chi connectivity index (χ3v) is 5.53. The lowest BCUT2D eigenvalue weighted by molar-refractivity contribution is 0.355. The molecule has 0 unspecified atom stereocenters. The topological polar surface area (TPSA) is 55.8 Å². The highest BCUT2D eigenvalue weighted by Gasteiger charge is 2.22. The van der Waals surface area contributed by atoms with Crippen molar-refractivity contribution in [3.8, 4) is 11.5 Å². The van der Waals surface area contributed by atoms with E-state index in [0.717, 1.165) is 4.47 Å². The smallest absolute Gasteiger partial charge is 0.264 e. The van der Waals surface area contributed by atoms with Crippen LogP contribution in [0, 0.1) is 0 Å². The van der Waals surface area contributed by atoms with Crippen molar-refractivity contribution < 1.29 is 17.9 Å². The maximum absolute atomic E-state index is 12.6. The lowest BCUT2D eigenvalue weighted by atomic mass is 10.3. The van der Waals surface area contributed by atoms with Gasteiger partial charge in [0.1, 0.15) is 0 Å². The molecular formula is C15H16BrNO4S. The molecule has 0 aliphatic rings. The van der Waals surface area contributed by atoms with Gasteiger partial charge in [-0.05, 0) is 36.4 Å². The van der Waals surface area contributed by atoms with Crippen LogP contribution < -0.4 is 13.8 Å². The molecule has 0 amide bonds. The summed E-state index contributed by atoms with van der Waals surface area (Å²) in [6.45, 7) is 0. The summed E-state index contributed by atoms with van der Waals surface area (Å²) in [6, 6.07) is 11.4. The molecule has 0 heterocycles. The summed E-state index contributed by atoms with van der Waals surface area (Å²) in [5, 5.41) is 0. The number of methoxy groups -OCH3 is 2. The molecule has 0 aromatic heterocycles. The van der Waals surface area contributed by atoms with E-state index < -0.39 is 10.0 Å². The van der Waals surface area contributed by atoms with E-state index in [9.17, 15) is 8.42 Å². The van der Waals surface area contributed by atoms with Crippen molar-refractivity contribution in [2.24, 2.45) is 0 Å². The summed E-state index contributed by atoms with van der Waals surface area (Å²) in [5.41, 5.74) is 0.487. The number of benzene rings is 2. The highest BCUT2D eigenvalue weighted by molar-refractivity contribution is 9.10. The fourth-order valence-corrected chi connectivity index (χ4v) is 3.38. The molecule has 2 rings (SSSR count). The van der Waals surface area contributed by atoms with Crippen LogP contribution in [0.4, 0.5) is 5.69 Å². The van der Waals surface area contributed by atoms with Crippen molar-refractivity contribution in [1.82, 2.24) is 0 Å². The van der Waals surface area contributed by atoms with Crippen LogP contribution in [-0.4, -0.2) is 29.7 Å². The molecule has 0 saturated heterocycles. The Morgan fingerprint density at radius 1 is 0.955 bits per heavy atom. The zero-order chi connectivity index (χ0) is 16.3. The first kappa shape index (κ1) is 16.6. The van der Waals surface area contributed by atoms with E-state index in [-0.39, 0.29) is 4.90 Å². The maximum atomic E-state index is 12.6. The van der Waals surface area contributed by atoms with E-state index in [1.807, 2.05) is 0 Å². The van der Waals surface area contributed by atoms with Crippen molar-refractivity contribution in [3.05, 3.63) is 46.9 Å². The van der Waals surface area contributed by atoms with Gasteiger partial charge in [-0.3, -0.25) is 4.31 Å². The predicted octanol–water partition coefficient (Wildman–Crippen LogP) is 3.29. The second-order valence-corrected chi connectivity index (χ2v) is 7.35. The number of ether oxygens (including phenoxy) is 2. The molecule has 0 spiro atoms. The molecule has 0 radical (unpaired) electrons. The quantitative estimate of drug-likeness (QED) is 0.792. The van der Waals surface area contributed by atoms with Crippen molar-refractivity contribution in [3.63, 3.8) is 0 Å². The van der Waals surface area contributed by atoms with Crippen LogP contribution in [0.5, 0.6) is 11.5 Å². The van der Waals surface area contributed by atoms with Gasteiger partial charge in [0.05, 0.1) is 24.8 Å². The third kappa shape index (κ3) is 3.20. The Bertz CT molecular complexity index is 760. The van der Waals surface area contributed by atoms with E-state index in [1.54, 1.807) is 42.5 Å². The summed E-state index contributed by atoms with van der Waals surface area (Å²) in [5.74, 6) is 1.01. The lowest BCUT2D eigenvalue weighted by Crippen LogP contribution is -2.26. The maximum Gasteiger partial charge on any atom is 0.264 e. The van der Waals surface area contributed by atoms with Crippen LogP contribution in [-0.2, 0) is 10.0 Å². The van der Waals surface area contributed by atoms with Crippen molar-refractivity contribution in [1.29, 1.82) is 0 Å². The zero-order valence-corrected chi connectivity index (χ0v) is 14.8. The fourth-order valence-electron chi connectivity index (χ4n) is 1.92. The molecule has 118 valence electrons. The minimum Gasteiger partial charge on any atom is -0.493 e. The Morgan fingerprint density at radius 2 is 1.55 bits per heavy atom.